The monoisotopic (exact) mass is 393 g/mol. The molecule has 0 saturated heterocycles. The van der Waals surface area contributed by atoms with Gasteiger partial charge in [0.15, 0.2) is 0 Å². The zero-order valence-corrected chi connectivity index (χ0v) is 15.8. The van der Waals surface area contributed by atoms with Gasteiger partial charge in [0.05, 0.1) is 6.10 Å². The number of carbonyl (C=O) groups excluding carboxylic acids is 1. The van der Waals surface area contributed by atoms with Crippen molar-refractivity contribution in [1.82, 2.24) is 15.3 Å². The first kappa shape index (κ1) is 19.2. The zero-order valence-electron chi connectivity index (χ0n) is 15.8. The summed E-state index contributed by atoms with van der Waals surface area (Å²) in [5.41, 5.74) is 4.65. The number of alkyl carbamates (subject to hydrolysis) is 1. The Bertz CT molecular complexity index is 928. The standard InChI is InChI=1S/C22H23N3O4/c26-19(20(27)21-23-11-12-24-21)9-10-25-22(28)29-13-18-16-7-3-1-5-14(16)15-6-2-4-8-17(15)18/h1-8,11-12,18-20,26-27H,9-10,13H2,(H,23,24)(H,25,28). The highest BCUT2D eigenvalue weighted by Gasteiger charge is 2.29. The van der Waals surface area contributed by atoms with Crippen molar-refractivity contribution in [3.8, 4) is 11.1 Å². The number of ether oxygens (including phenoxy) is 1. The molecule has 1 aliphatic rings. The molecule has 0 spiro atoms. The number of amides is 1. The van der Waals surface area contributed by atoms with Crippen LogP contribution in [0.1, 0.15) is 35.4 Å². The van der Waals surface area contributed by atoms with Crippen LogP contribution in [0.5, 0.6) is 0 Å². The third kappa shape index (κ3) is 4.01. The van der Waals surface area contributed by atoms with E-state index in [2.05, 4.69) is 39.6 Å². The smallest absolute Gasteiger partial charge is 0.407 e. The number of fused-ring (bicyclic) bond motifs is 3. The molecular weight excluding hydrogens is 370 g/mol. The largest absolute Gasteiger partial charge is 0.449 e. The van der Waals surface area contributed by atoms with Gasteiger partial charge in [0.2, 0.25) is 0 Å². The van der Waals surface area contributed by atoms with Gasteiger partial charge in [-0.15, -0.1) is 0 Å². The maximum Gasteiger partial charge on any atom is 0.407 e. The van der Waals surface area contributed by atoms with Crippen LogP contribution in [-0.4, -0.2) is 45.5 Å². The molecule has 0 saturated carbocycles. The normalized spacial score (nSPS) is 14.7. The number of imidazole rings is 1. The minimum atomic E-state index is -1.13. The fourth-order valence-corrected chi connectivity index (χ4v) is 3.75. The summed E-state index contributed by atoms with van der Waals surface area (Å²) < 4.78 is 5.44. The number of H-pyrrole nitrogens is 1. The van der Waals surface area contributed by atoms with E-state index in [4.69, 9.17) is 4.74 Å². The molecule has 1 heterocycles. The first-order valence-electron chi connectivity index (χ1n) is 9.59. The second-order valence-corrected chi connectivity index (χ2v) is 7.03. The number of aromatic nitrogens is 2. The van der Waals surface area contributed by atoms with E-state index in [1.165, 1.54) is 17.3 Å². The Labute approximate surface area is 168 Å². The lowest BCUT2D eigenvalue weighted by Gasteiger charge is -2.17. The van der Waals surface area contributed by atoms with E-state index in [9.17, 15) is 15.0 Å². The van der Waals surface area contributed by atoms with Crippen molar-refractivity contribution < 1.29 is 19.7 Å². The fourth-order valence-electron chi connectivity index (χ4n) is 3.75. The van der Waals surface area contributed by atoms with Gasteiger partial charge in [0.25, 0.3) is 0 Å². The van der Waals surface area contributed by atoms with Gasteiger partial charge in [-0.2, -0.15) is 0 Å². The molecule has 0 aliphatic heterocycles. The maximum atomic E-state index is 12.1. The number of rotatable bonds is 7. The highest BCUT2D eigenvalue weighted by molar-refractivity contribution is 5.79. The van der Waals surface area contributed by atoms with Gasteiger partial charge in [-0.1, -0.05) is 48.5 Å². The molecule has 7 nitrogen and oxygen atoms in total. The first-order chi connectivity index (χ1) is 14.1. The molecule has 0 radical (unpaired) electrons. The third-order valence-electron chi connectivity index (χ3n) is 5.22. The van der Waals surface area contributed by atoms with Crippen molar-refractivity contribution in [3.05, 3.63) is 77.9 Å². The van der Waals surface area contributed by atoms with E-state index in [-0.39, 0.29) is 25.5 Å². The van der Waals surface area contributed by atoms with Crippen LogP contribution in [0, 0.1) is 0 Å². The van der Waals surface area contributed by atoms with Gasteiger partial charge >= 0.3 is 6.09 Å². The molecule has 0 bridgehead atoms. The Kier molecular flexibility index (Phi) is 5.59. The zero-order chi connectivity index (χ0) is 20.2. The maximum absolute atomic E-state index is 12.1. The van der Waals surface area contributed by atoms with Crippen molar-refractivity contribution in [2.75, 3.05) is 13.2 Å². The highest BCUT2D eigenvalue weighted by Crippen LogP contribution is 2.44. The molecular formula is C22H23N3O4. The second kappa shape index (κ2) is 8.46. The second-order valence-electron chi connectivity index (χ2n) is 7.03. The summed E-state index contributed by atoms with van der Waals surface area (Å²) in [7, 11) is 0. The molecule has 3 aromatic rings. The molecule has 1 aliphatic carbocycles. The van der Waals surface area contributed by atoms with Crippen molar-refractivity contribution in [1.29, 1.82) is 0 Å². The molecule has 1 amide bonds. The summed E-state index contributed by atoms with van der Waals surface area (Å²) in [4.78, 5) is 18.8. The van der Waals surface area contributed by atoms with Crippen LogP contribution in [0.3, 0.4) is 0 Å². The minimum absolute atomic E-state index is 0.000449. The summed E-state index contributed by atoms with van der Waals surface area (Å²) >= 11 is 0. The Morgan fingerprint density at radius 1 is 1.10 bits per heavy atom. The summed E-state index contributed by atoms with van der Waals surface area (Å²) in [6.07, 6.45) is 0.517. The van der Waals surface area contributed by atoms with Gasteiger partial charge < -0.3 is 25.3 Å². The number of hydrogen-bond donors (Lipinski definition) is 4. The number of aromatic amines is 1. The average Bonchev–Trinajstić information content (AvgIpc) is 3.38. The molecule has 7 heteroatoms. The predicted octanol–water partition coefficient (Wildman–Crippen LogP) is 2.73. The van der Waals surface area contributed by atoms with Gasteiger partial charge in [-0.25, -0.2) is 9.78 Å². The first-order valence-corrected chi connectivity index (χ1v) is 9.59. The van der Waals surface area contributed by atoms with Crippen LogP contribution in [-0.2, 0) is 4.74 Å². The van der Waals surface area contributed by atoms with E-state index in [0.29, 0.717) is 5.82 Å². The van der Waals surface area contributed by atoms with E-state index >= 15 is 0 Å². The number of aliphatic hydroxyl groups excluding tert-OH is 2. The molecule has 2 unspecified atom stereocenters. The molecule has 1 aromatic heterocycles. The molecule has 0 fully saturated rings. The molecule has 4 N–H and O–H groups in total. The summed E-state index contributed by atoms with van der Waals surface area (Å²) in [5.74, 6) is 0.290. The van der Waals surface area contributed by atoms with Crippen LogP contribution in [0.25, 0.3) is 11.1 Å². The Balaban J connectivity index is 1.29. The number of carbonyl (C=O) groups is 1. The Hall–Kier alpha value is -3.16. The number of nitrogens with one attached hydrogen (secondary N) is 2. The molecule has 2 aromatic carbocycles. The van der Waals surface area contributed by atoms with Crippen LogP contribution >= 0.6 is 0 Å². The van der Waals surface area contributed by atoms with E-state index < -0.39 is 18.3 Å². The predicted molar refractivity (Wildman–Crippen MR) is 107 cm³/mol. The van der Waals surface area contributed by atoms with E-state index in [0.717, 1.165) is 11.1 Å². The van der Waals surface area contributed by atoms with Crippen LogP contribution < -0.4 is 5.32 Å². The van der Waals surface area contributed by atoms with Crippen molar-refractivity contribution in [2.24, 2.45) is 0 Å². The van der Waals surface area contributed by atoms with Crippen LogP contribution in [0.15, 0.2) is 60.9 Å². The van der Waals surface area contributed by atoms with Gasteiger partial charge in [0, 0.05) is 24.9 Å². The molecule has 4 rings (SSSR count). The average molecular weight is 393 g/mol. The third-order valence-corrected chi connectivity index (χ3v) is 5.22. The van der Waals surface area contributed by atoms with Gasteiger partial charge in [0.1, 0.15) is 18.5 Å². The van der Waals surface area contributed by atoms with Crippen molar-refractivity contribution in [3.63, 3.8) is 0 Å². The molecule has 150 valence electrons. The van der Waals surface area contributed by atoms with Crippen LogP contribution in [0.2, 0.25) is 0 Å². The van der Waals surface area contributed by atoms with Crippen LogP contribution in [0.4, 0.5) is 4.79 Å². The minimum Gasteiger partial charge on any atom is -0.449 e. The molecule has 29 heavy (non-hydrogen) atoms. The Morgan fingerprint density at radius 2 is 1.76 bits per heavy atom. The Morgan fingerprint density at radius 3 is 2.38 bits per heavy atom. The van der Waals surface area contributed by atoms with E-state index in [1.807, 2.05) is 24.3 Å². The molecule has 2 atom stereocenters. The lowest BCUT2D eigenvalue weighted by molar-refractivity contribution is 0.00895. The lowest BCUT2D eigenvalue weighted by atomic mass is 9.98. The number of benzene rings is 2. The summed E-state index contributed by atoms with van der Waals surface area (Å²) in [5, 5.41) is 22.6. The highest BCUT2D eigenvalue weighted by atomic mass is 16.5. The summed E-state index contributed by atoms with van der Waals surface area (Å²) in [6.45, 7) is 0.410. The van der Waals surface area contributed by atoms with Gasteiger partial charge in [-0.3, -0.25) is 0 Å². The van der Waals surface area contributed by atoms with Crippen molar-refractivity contribution in [2.45, 2.75) is 24.5 Å². The fraction of sp³-hybridized carbons (Fsp3) is 0.273. The SMILES string of the molecule is O=C(NCCC(O)C(O)c1ncc[nH]1)OCC1c2ccccc2-c2ccccc21. The topological polar surface area (TPSA) is 107 Å². The van der Waals surface area contributed by atoms with E-state index in [1.54, 1.807) is 6.20 Å². The lowest BCUT2D eigenvalue weighted by Crippen LogP contribution is -2.31. The number of hydrogen-bond acceptors (Lipinski definition) is 5. The summed E-state index contributed by atoms with van der Waals surface area (Å²) in [6, 6.07) is 16.3. The van der Waals surface area contributed by atoms with Crippen molar-refractivity contribution >= 4 is 6.09 Å². The number of nitrogens with zero attached hydrogens (tertiary/aromatic N) is 1. The quantitative estimate of drug-likeness (QED) is 0.494. The number of aliphatic hydroxyl groups is 2. The van der Waals surface area contributed by atoms with Gasteiger partial charge in [-0.05, 0) is 28.7 Å².